The molecule has 3 rings (SSSR count). The molecule has 25 heavy (non-hydrogen) atoms. The van der Waals surface area contributed by atoms with Gasteiger partial charge in [-0.25, -0.2) is 9.97 Å². The Hall–Kier alpha value is -2.89. The van der Waals surface area contributed by atoms with E-state index in [0.717, 1.165) is 41.3 Å². The van der Waals surface area contributed by atoms with Crippen LogP contribution in [0.25, 0.3) is 11.0 Å². The van der Waals surface area contributed by atoms with Gasteiger partial charge in [-0.2, -0.15) is 0 Å². The first-order valence-electron chi connectivity index (χ1n) is 8.37. The number of carbonyl (C=O) groups excluding carboxylic acids is 1. The van der Waals surface area contributed by atoms with Crippen LogP contribution in [0.2, 0.25) is 0 Å². The molecule has 0 radical (unpaired) electrons. The van der Waals surface area contributed by atoms with Gasteiger partial charge < -0.3 is 14.8 Å². The molecule has 130 valence electrons. The van der Waals surface area contributed by atoms with E-state index in [1.54, 1.807) is 19.0 Å². The normalized spacial score (nSPS) is 10.9. The Morgan fingerprint density at radius 1 is 1.12 bits per heavy atom. The van der Waals surface area contributed by atoms with Gasteiger partial charge in [-0.15, -0.1) is 0 Å². The summed E-state index contributed by atoms with van der Waals surface area (Å²) >= 11 is 0. The number of aromatic amines is 1. The number of rotatable bonds is 5. The Bertz CT molecular complexity index is 882. The van der Waals surface area contributed by atoms with Crippen molar-refractivity contribution in [2.75, 3.05) is 25.5 Å². The van der Waals surface area contributed by atoms with Gasteiger partial charge in [-0.3, -0.25) is 4.79 Å². The molecule has 2 aromatic heterocycles. The second kappa shape index (κ2) is 6.93. The number of aryl methyl sites for hydroxylation is 1. The molecule has 6 heteroatoms. The summed E-state index contributed by atoms with van der Waals surface area (Å²) in [6.07, 6.45) is 1.89. The SMILES string of the molecule is CCN(Cc1ccc(C(=O)N(C)C)cc1)c1nc(C)nc2[nH]ccc12. The summed E-state index contributed by atoms with van der Waals surface area (Å²) in [6.45, 7) is 5.57. The summed E-state index contributed by atoms with van der Waals surface area (Å²) in [5.74, 6) is 1.69. The van der Waals surface area contributed by atoms with Crippen LogP contribution in [0.4, 0.5) is 5.82 Å². The van der Waals surface area contributed by atoms with Crippen molar-refractivity contribution < 1.29 is 4.79 Å². The zero-order valence-electron chi connectivity index (χ0n) is 15.1. The van der Waals surface area contributed by atoms with Crippen LogP contribution in [0.15, 0.2) is 36.5 Å². The van der Waals surface area contributed by atoms with E-state index in [-0.39, 0.29) is 5.91 Å². The molecule has 0 unspecified atom stereocenters. The molecule has 0 aliphatic rings. The lowest BCUT2D eigenvalue weighted by Gasteiger charge is -2.23. The molecule has 0 saturated carbocycles. The molecule has 2 heterocycles. The summed E-state index contributed by atoms with van der Waals surface area (Å²) in [5.41, 5.74) is 2.69. The van der Waals surface area contributed by atoms with Gasteiger partial charge in [0.15, 0.2) is 0 Å². The summed E-state index contributed by atoms with van der Waals surface area (Å²) < 4.78 is 0. The predicted molar refractivity (Wildman–Crippen MR) is 99.8 cm³/mol. The first-order chi connectivity index (χ1) is 12.0. The number of hydrogen-bond acceptors (Lipinski definition) is 4. The second-order valence-corrected chi connectivity index (χ2v) is 6.25. The Kier molecular flexibility index (Phi) is 4.70. The fourth-order valence-electron chi connectivity index (χ4n) is 2.84. The minimum Gasteiger partial charge on any atom is -0.352 e. The first kappa shape index (κ1) is 17.0. The molecule has 0 aliphatic carbocycles. The van der Waals surface area contributed by atoms with Crippen molar-refractivity contribution >= 4 is 22.8 Å². The number of nitrogens with zero attached hydrogens (tertiary/aromatic N) is 4. The van der Waals surface area contributed by atoms with Crippen molar-refractivity contribution in [3.63, 3.8) is 0 Å². The highest BCUT2D eigenvalue weighted by molar-refractivity contribution is 5.93. The Labute approximate surface area is 147 Å². The number of amides is 1. The maximum absolute atomic E-state index is 12.0. The highest BCUT2D eigenvalue weighted by Crippen LogP contribution is 2.24. The standard InChI is InChI=1S/C19H23N5O/c1-5-24(18-16-10-11-20-17(16)21-13(2)22-18)12-14-6-8-15(9-7-14)19(25)23(3)4/h6-11H,5,12H2,1-4H3,(H,20,21,22). The number of nitrogens with one attached hydrogen (secondary N) is 1. The fraction of sp³-hybridized carbons (Fsp3) is 0.316. The average Bonchev–Trinajstić information content (AvgIpc) is 3.07. The van der Waals surface area contributed by atoms with E-state index in [1.807, 2.05) is 43.5 Å². The molecular weight excluding hydrogens is 314 g/mol. The van der Waals surface area contributed by atoms with Crippen LogP contribution in [-0.2, 0) is 6.54 Å². The van der Waals surface area contributed by atoms with Crippen LogP contribution >= 0.6 is 0 Å². The van der Waals surface area contributed by atoms with Crippen LogP contribution in [0.3, 0.4) is 0 Å². The minimum absolute atomic E-state index is 0.0133. The van der Waals surface area contributed by atoms with Gasteiger partial charge in [0.1, 0.15) is 17.3 Å². The second-order valence-electron chi connectivity index (χ2n) is 6.25. The van der Waals surface area contributed by atoms with Crippen molar-refractivity contribution in [3.05, 3.63) is 53.5 Å². The largest absolute Gasteiger partial charge is 0.352 e. The maximum Gasteiger partial charge on any atom is 0.253 e. The third kappa shape index (κ3) is 3.47. The quantitative estimate of drug-likeness (QED) is 0.777. The third-order valence-electron chi connectivity index (χ3n) is 4.17. The number of fused-ring (bicyclic) bond motifs is 1. The first-order valence-corrected chi connectivity index (χ1v) is 8.37. The van der Waals surface area contributed by atoms with Crippen LogP contribution in [0.1, 0.15) is 28.7 Å². The third-order valence-corrected chi connectivity index (χ3v) is 4.17. The smallest absolute Gasteiger partial charge is 0.253 e. The molecule has 0 spiro atoms. The van der Waals surface area contributed by atoms with Gasteiger partial charge in [-0.1, -0.05) is 12.1 Å². The summed E-state index contributed by atoms with van der Waals surface area (Å²) in [7, 11) is 3.52. The zero-order chi connectivity index (χ0) is 18.0. The summed E-state index contributed by atoms with van der Waals surface area (Å²) in [6, 6.07) is 9.76. The molecule has 0 bridgehead atoms. The molecular formula is C19H23N5O. The van der Waals surface area contributed by atoms with Gasteiger partial charge in [-0.05, 0) is 37.6 Å². The topological polar surface area (TPSA) is 65.1 Å². The number of aromatic nitrogens is 3. The van der Waals surface area contributed by atoms with Crippen molar-refractivity contribution in [2.24, 2.45) is 0 Å². The lowest BCUT2D eigenvalue weighted by Crippen LogP contribution is -2.24. The predicted octanol–water partition coefficient (Wildman–Crippen LogP) is 2.99. The average molecular weight is 337 g/mol. The van der Waals surface area contributed by atoms with Gasteiger partial charge in [0.25, 0.3) is 5.91 Å². The number of benzene rings is 1. The summed E-state index contributed by atoms with van der Waals surface area (Å²) in [4.78, 5) is 28.0. The molecule has 0 aliphatic heterocycles. The highest BCUT2D eigenvalue weighted by atomic mass is 16.2. The highest BCUT2D eigenvalue weighted by Gasteiger charge is 2.14. The number of hydrogen-bond donors (Lipinski definition) is 1. The van der Waals surface area contributed by atoms with Gasteiger partial charge in [0.2, 0.25) is 0 Å². The van der Waals surface area contributed by atoms with Gasteiger partial charge in [0.05, 0.1) is 5.39 Å². The number of carbonyl (C=O) groups is 1. The van der Waals surface area contributed by atoms with E-state index in [2.05, 4.69) is 26.8 Å². The van der Waals surface area contributed by atoms with Crippen molar-refractivity contribution in [3.8, 4) is 0 Å². The van der Waals surface area contributed by atoms with E-state index < -0.39 is 0 Å². The number of H-pyrrole nitrogens is 1. The van der Waals surface area contributed by atoms with Crippen LogP contribution < -0.4 is 4.90 Å². The Morgan fingerprint density at radius 2 is 1.84 bits per heavy atom. The van der Waals surface area contributed by atoms with E-state index in [4.69, 9.17) is 0 Å². The molecule has 0 fully saturated rings. The van der Waals surface area contributed by atoms with Gasteiger partial charge >= 0.3 is 0 Å². The van der Waals surface area contributed by atoms with E-state index in [1.165, 1.54) is 0 Å². The molecule has 1 N–H and O–H groups in total. The van der Waals surface area contributed by atoms with E-state index in [9.17, 15) is 4.79 Å². The van der Waals surface area contributed by atoms with Crippen LogP contribution in [0, 0.1) is 6.92 Å². The lowest BCUT2D eigenvalue weighted by molar-refractivity contribution is 0.0827. The van der Waals surface area contributed by atoms with E-state index >= 15 is 0 Å². The van der Waals surface area contributed by atoms with Crippen molar-refractivity contribution in [1.82, 2.24) is 19.9 Å². The van der Waals surface area contributed by atoms with Crippen molar-refractivity contribution in [2.45, 2.75) is 20.4 Å². The van der Waals surface area contributed by atoms with Crippen LogP contribution in [0.5, 0.6) is 0 Å². The lowest BCUT2D eigenvalue weighted by atomic mass is 10.1. The van der Waals surface area contributed by atoms with Crippen LogP contribution in [-0.4, -0.2) is 46.4 Å². The molecule has 1 amide bonds. The molecule has 3 aromatic rings. The maximum atomic E-state index is 12.0. The number of anilines is 1. The van der Waals surface area contributed by atoms with Crippen molar-refractivity contribution in [1.29, 1.82) is 0 Å². The van der Waals surface area contributed by atoms with E-state index in [0.29, 0.717) is 5.56 Å². The van der Waals surface area contributed by atoms with Gasteiger partial charge in [0, 0.05) is 38.9 Å². The molecule has 1 aromatic carbocycles. The molecule has 0 saturated heterocycles. The molecule has 0 atom stereocenters. The molecule has 6 nitrogen and oxygen atoms in total. The monoisotopic (exact) mass is 337 g/mol. The zero-order valence-corrected chi connectivity index (χ0v) is 15.1. The Morgan fingerprint density at radius 3 is 2.48 bits per heavy atom. The fourth-order valence-corrected chi connectivity index (χ4v) is 2.84. The Balaban J connectivity index is 1.87. The summed E-state index contributed by atoms with van der Waals surface area (Å²) in [5, 5.41) is 1.02. The minimum atomic E-state index is 0.0133.